The van der Waals surface area contributed by atoms with Crippen LogP contribution >= 0.6 is 0 Å². The van der Waals surface area contributed by atoms with Gasteiger partial charge in [0.05, 0.1) is 5.48 Å². The summed E-state index contributed by atoms with van der Waals surface area (Å²) >= 11 is 0. The van der Waals surface area contributed by atoms with Crippen molar-refractivity contribution in [3.05, 3.63) is 29.3 Å². The van der Waals surface area contributed by atoms with E-state index in [0.29, 0.717) is 0 Å². The normalized spacial score (nSPS) is 29.3. The van der Waals surface area contributed by atoms with Crippen LogP contribution in [0, 0.1) is 0 Å². The third kappa shape index (κ3) is 1.76. The molecule has 6 nitrogen and oxygen atoms in total. The Morgan fingerprint density at radius 3 is 2.95 bits per heavy atom. The molecule has 0 radical (unpaired) electrons. The Hall–Kier alpha value is -2.37. The van der Waals surface area contributed by atoms with E-state index in [0.717, 1.165) is 4.90 Å². The average molecular weight is 263 g/mol. The van der Waals surface area contributed by atoms with E-state index >= 15 is 0 Å². The molecule has 2 aliphatic heterocycles. The zero-order chi connectivity index (χ0) is 17.1. The van der Waals surface area contributed by atoms with Gasteiger partial charge in [-0.15, -0.1) is 0 Å². The van der Waals surface area contributed by atoms with E-state index in [9.17, 15) is 14.4 Å². The molecule has 2 heterocycles. The molecule has 1 saturated heterocycles. The lowest BCUT2D eigenvalue weighted by molar-refractivity contribution is -0.136. The quantitative estimate of drug-likeness (QED) is 0.552. The molecule has 1 aromatic rings. The molecule has 1 aromatic carbocycles. The number of nitrogen functional groups attached to an aromatic ring is 1. The van der Waals surface area contributed by atoms with Crippen molar-refractivity contribution in [2.24, 2.45) is 0 Å². The number of fused-ring (bicyclic) bond motifs is 1. The number of hydrogen-bond acceptors (Lipinski definition) is 4. The van der Waals surface area contributed by atoms with E-state index in [1.807, 2.05) is 5.32 Å². The number of hydrogen-bond donors (Lipinski definition) is 2. The summed E-state index contributed by atoms with van der Waals surface area (Å²) in [5.74, 6) is -2.17. The molecule has 1 fully saturated rings. The first-order valence-electron chi connectivity index (χ1n) is 7.73. The minimum atomic E-state index is -1.98. The maximum absolute atomic E-state index is 12.6. The van der Waals surface area contributed by atoms with Crippen LogP contribution in [0.15, 0.2) is 18.1 Å². The van der Waals surface area contributed by atoms with Gasteiger partial charge in [-0.25, -0.2) is 0 Å². The maximum Gasteiger partial charge on any atom is 0.255 e. The fourth-order valence-corrected chi connectivity index (χ4v) is 2.24. The Kier molecular flexibility index (Phi) is 1.70. The van der Waals surface area contributed by atoms with Crippen LogP contribution in [0.25, 0.3) is 0 Å². The Morgan fingerprint density at radius 2 is 2.21 bits per heavy atom. The van der Waals surface area contributed by atoms with Crippen molar-refractivity contribution in [3.63, 3.8) is 0 Å². The second kappa shape index (κ2) is 4.08. The number of anilines is 1. The summed E-state index contributed by atoms with van der Waals surface area (Å²) < 4.78 is 31.6. The second-order valence-corrected chi connectivity index (χ2v) is 4.36. The van der Waals surface area contributed by atoms with E-state index in [1.54, 1.807) is 0 Å². The van der Waals surface area contributed by atoms with Crippen molar-refractivity contribution in [3.8, 4) is 0 Å². The molecule has 6 heteroatoms. The van der Waals surface area contributed by atoms with Gasteiger partial charge in [0.25, 0.3) is 5.91 Å². The highest BCUT2D eigenvalue weighted by molar-refractivity contribution is 6.06. The second-order valence-electron chi connectivity index (χ2n) is 4.36. The molecule has 3 amide bonds. The number of nitrogens with one attached hydrogen (secondary N) is 1. The van der Waals surface area contributed by atoms with Crippen LogP contribution in [0.3, 0.4) is 0 Å². The largest absolute Gasteiger partial charge is 0.398 e. The van der Waals surface area contributed by atoms with Crippen LogP contribution in [-0.2, 0) is 16.1 Å². The van der Waals surface area contributed by atoms with Gasteiger partial charge in [-0.1, -0.05) is 6.04 Å². The minimum Gasteiger partial charge on any atom is -0.398 e. The van der Waals surface area contributed by atoms with Crippen LogP contribution in [0.4, 0.5) is 5.69 Å². The third-order valence-electron chi connectivity index (χ3n) is 3.22. The van der Waals surface area contributed by atoms with Crippen LogP contribution in [0.5, 0.6) is 0 Å². The van der Waals surface area contributed by atoms with E-state index in [-0.39, 0.29) is 42.2 Å². The molecule has 19 heavy (non-hydrogen) atoms. The summed E-state index contributed by atoms with van der Waals surface area (Å²) in [6.07, 6.45) is -0.238. The molecule has 0 bridgehead atoms. The van der Waals surface area contributed by atoms with Gasteiger partial charge in [-0.2, -0.15) is 0 Å². The number of nitrogens with two attached hydrogens (primary N) is 1. The summed E-state index contributed by atoms with van der Waals surface area (Å²) in [5, 5.41) is 2.03. The highest BCUT2D eigenvalue weighted by atomic mass is 16.2. The van der Waals surface area contributed by atoms with Crippen LogP contribution in [0.2, 0.25) is 0 Å². The Labute approximate surface area is 115 Å². The molecule has 1 atom stereocenters. The average Bonchev–Trinajstić information content (AvgIpc) is 2.85. The maximum atomic E-state index is 12.6. The van der Waals surface area contributed by atoms with E-state index in [4.69, 9.17) is 11.2 Å². The topological polar surface area (TPSA) is 92.5 Å². The number of piperidine rings is 1. The number of rotatable bonds is 1. The SMILES string of the molecule is [2H]c1c([2H])c(N)c2c(c1[2H])C(=O)N(C1([2H])CCC(=O)NC1=O)C2. The standard InChI is InChI=1S/C13H13N3O3/c14-9-3-1-2-7-8(9)6-16(13(7)19)10-4-5-11(17)15-12(10)18/h1-3,10H,4-6,14H2,(H,15,17,18)/i1D,2D,3D,10D. The van der Waals surface area contributed by atoms with Crippen molar-refractivity contribution in [2.45, 2.75) is 25.4 Å². The number of amides is 3. The Balaban J connectivity index is 2.08. The summed E-state index contributed by atoms with van der Waals surface area (Å²) in [4.78, 5) is 36.8. The number of carbonyl (C=O) groups excluding carboxylic acids is 3. The molecule has 0 aliphatic carbocycles. The summed E-state index contributed by atoms with van der Waals surface area (Å²) in [6, 6.07) is -3.25. The van der Waals surface area contributed by atoms with E-state index in [2.05, 4.69) is 0 Å². The minimum absolute atomic E-state index is 0.0774. The van der Waals surface area contributed by atoms with Gasteiger partial charge in [-0.05, 0) is 18.5 Å². The fraction of sp³-hybridized carbons (Fsp3) is 0.308. The van der Waals surface area contributed by atoms with Crippen molar-refractivity contribution in [1.82, 2.24) is 10.2 Å². The van der Waals surface area contributed by atoms with Gasteiger partial charge in [0, 0.05) is 29.8 Å². The van der Waals surface area contributed by atoms with Crippen LogP contribution in [-0.4, -0.2) is 28.6 Å². The first-order valence-corrected chi connectivity index (χ1v) is 5.73. The van der Waals surface area contributed by atoms with Gasteiger partial charge >= 0.3 is 0 Å². The van der Waals surface area contributed by atoms with Gasteiger partial charge in [0.2, 0.25) is 11.8 Å². The fourth-order valence-electron chi connectivity index (χ4n) is 2.24. The predicted molar refractivity (Wildman–Crippen MR) is 66.9 cm³/mol. The summed E-state index contributed by atoms with van der Waals surface area (Å²) in [6.45, 7) is -0.205. The molecule has 0 aromatic heterocycles. The van der Waals surface area contributed by atoms with E-state index < -0.39 is 35.8 Å². The highest BCUT2D eigenvalue weighted by Crippen LogP contribution is 2.30. The zero-order valence-corrected chi connectivity index (χ0v) is 9.87. The predicted octanol–water partition coefficient (Wildman–Crippen LogP) is 0.0298. The smallest absolute Gasteiger partial charge is 0.255 e. The first-order chi connectivity index (χ1) is 10.7. The first kappa shape index (κ1) is 7.93. The van der Waals surface area contributed by atoms with Crippen molar-refractivity contribution in [1.29, 1.82) is 0 Å². The van der Waals surface area contributed by atoms with Gasteiger partial charge in [-0.3, -0.25) is 19.7 Å². The molecular formula is C13H13N3O3. The number of carbonyl (C=O) groups is 3. The molecule has 98 valence electrons. The molecule has 0 saturated carbocycles. The lowest BCUT2D eigenvalue weighted by Gasteiger charge is -2.29. The number of nitrogens with zero attached hydrogens (tertiary/aromatic N) is 1. The van der Waals surface area contributed by atoms with Crippen molar-refractivity contribution < 1.29 is 19.9 Å². The van der Waals surface area contributed by atoms with Crippen molar-refractivity contribution in [2.75, 3.05) is 5.73 Å². The number of imide groups is 1. The molecular weight excluding hydrogens is 246 g/mol. The monoisotopic (exact) mass is 263 g/mol. The van der Waals surface area contributed by atoms with Gasteiger partial charge in [0.15, 0.2) is 0 Å². The van der Waals surface area contributed by atoms with Gasteiger partial charge < -0.3 is 10.6 Å². The van der Waals surface area contributed by atoms with Gasteiger partial charge in [0.1, 0.15) is 6.02 Å². The summed E-state index contributed by atoms with van der Waals surface area (Å²) in [7, 11) is 0. The molecule has 0 spiro atoms. The molecule has 1 unspecified atom stereocenters. The Bertz CT molecular complexity index is 782. The summed E-state index contributed by atoms with van der Waals surface area (Å²) in [5.41, 5.74) is 5.69. The van der Waals surface area contributed by atoms with Crippen LogP contribution in [0.1, 0.15) is 34.2 Å². The molecule has 2 aliphatic rings. The third-order valence-corrected chi connectivity index (χ3v) is 3.22. The Morgan fingerprint density at radius 1 is 1.42 bits per heavy atom. The zero-order valence-electron chi connectivity index (χ0n) is 13.9. The lowest BCUT2D eigenvalue weighted by Crippen LogP contribution is -2.52. The number of benzene rings is 1. The molecule has 3 rings (SSSR count). The highest BCUT2D eigenvalue weighted by Gasteiger charge is 2.39. The molecule has 3 N–H and O–H groups in total. The van der Waals surface area contributed by atoms with E-state index in [1.165, 1.54) is 0 Å². The lowest BCUT2D eigenvalue weighted by atomic mass is 10.0. The van der Waals surface area contributed by atoms with Crippen molar-refractivity contribution >= 4 is 23.4 Å². The van der Waals surface area contributed by atoms with Crippen LogP contribution < -0.4 is 11.1 Å².